The number of ether oxygens (including phenoxy) is 4. The van der Waals surface area contributed by atoms with Crippen LogP contribution < -0.4 is 24.7 Å². The van der Waals surface area contributed by atoms with Crippen LogP contribution in [0.2, 0.25) is 0 Å². The van der Waals surface area contributed by atoms with Gasteiger partial charge in [0.25, 0.3) is 23.2 Å². The van der Waals surface area contributed by atoms with E-state index < -0.39 is 22.4 Å². The smallest absolute Gasteiger partial charge is 0.341 e. The summed E-state index contributed by atoms with van der Waals surface area (Å²) in [7, 11) is 0. The molecule has 0 unspecified atom stereocenters. The number of benzene rings is 4. The lowest BCUT2D eigenvalue weighted by Crippen LogP contribution is -2.42. The molecule has 0 bridgehead atoms. The average molecular weight is 872 g/mol. The van der Waals surface area contributed by atoms with Crippen molar-refractivity contribution < 1.29 is 53.1 Å². The first-order valence-corrected chi connectivity index (χ1v) is 20.5. The van der Waals surface area contributed by atoms with Crippen LogP contribution in [0.1, 0.15) is 66.7 Å². The summed E-state index contributed by atoms with van der Waals surface area (Å²) in [6.45, 7) is 7.29. The van der Waals surface area contributed by atoms with Crippen LogP contribution in [0, 0.1) is 26.1 Å². The van der Waals surface area contributed by atoms with Crippen LogP contribution in [0.15, 0.2) is 97.1 Å². The summed E-state index contributed by atoms with van der Waals surface area (Å²) in [6.07, 6.45) is 3.72. The molecule has 0 atom stereocenters. The van der Waals surface area contributed by atoms with Gasteiger partial charge in [0.05, 0.1) is 23.1 Å². The lowest BCUT2D eigenvalue weighted by atomic mass is 9.91. The molecule has 2 aliphatic heterocycles. The molecular weight excluding hydrogens is 819 g/mol. The second-order valence-corrected chi connectivity index (χ2v) is 14.5. The molecule has 63 heavy (non-hydrogen) atoms. The maximum absolute atomic E-state index is 12.7. The predicted octanol–water partition coefficient (Wildman–Crippen LogP) is 6.59. The molecule has 2 amide bonds. The third-order valence-electron chi connectivity index (χ3n) is 9.93. The predicted molar refractivity (Wildman–Crippen MR) is 231 cm³/mol. The van der Waals surface area contributed by atoms with Gasteiger partial charge in [0.15, 0.2) is 12.4 Å². The minimum Gasteiger partial charge on any atom is -0.494 e. The summed E-state index contributed by atoms with van der Waals surface area (Å²) >= 11 is 0. The van der Waals surface area contributed by atoms with Gasteiger partial charge in [-0.3, -0.25) is 34.6 Å². The number of Topliss-reactive ketones (excluding diaryl/α,β-unsaturated/α-hetero) is 1. The number of rotatable bonds is 16. The van der Waals surface area contributed by atoms with Crippen molar-refractivity contribution in [3.05, 3.63) is 128 Å². The van der Waals surface area contributed by atoms with Crippen LogP contribution in [0.25, 0.3) is 0 Å². The van der Waals surface area contributed by atoms with Crippen LogP contribution >= 0.6 is 0 Å². The summed E-state index contributed by atoms with van der Waals surface area (Å²) < 4.78 is 21.0. The lowest BCUT2D eigenvalue weighted by molar-refractivity contribution is -0.385. The number of nitrogens with two attached hydrogens (primary N) is 1. The Morgan fingerprint density at radius 3 is 1.30 bits per heavy atom. The number of hydrogen-bond donors (Lipinski definition) is 2. The van der Waals surface area contributed by atoms with Gasteiger partial charge in [-0.05, 0) is 118 Å². The molecular formula is C45H53N5O13. The lowest BCUT2D eigenvalue weighted by Gasteiger charge is -2.31. The molecule has 6 rings (SSSR count). The summed E-state index contributed by atoms with van der Waals surface area (Å²) in [5, 5.41) is 29.2. The topological polar surface area (TPSA) is 244 Å². The molecule has 0 aromatic heterocycles. The summed E-state index contributed by atoms with van der Waals surface area (Å²) in [6, 6.07) is 25.6. The van der Waals surface area contributed by atoms with Gasteiger partial charge < -0.3 is 39.6 Å². The number of piperidine rings is 2. The number of aliphatic carboxylic acids is 1. The maximum atomic E-state index is 12.7. The largest absolute Gasteiger partial charge is 0.494 e. The zero-order chi connectivity index (χ0) is 45.7. The van der Waals surface area contributed by atoms with E-state index in [2.05, 4.69) is 0 Å². The van der Waals surface area contributed by atoms with Gasteiger partial charge in [0, 0.05) is 74.0 Å². The number of carbonyl (C=O) groups excluding carboxylic acids is 3. The van der Waals surface area contributed by atoms with Crippen molar-refractivity contribution in [1.29, 1.82) is 0 Å². The fraction of sp³-hybridized carbons (Fsp3) is 0.378. The number of nitro groups is 2. The van der Waals surface area contributed by atoms with Gasteiger partial charge in [-0.1, -0.05) is 0 Å². The second-order valence-electron chi connectivity index (χ2n) is 14.5. The number of hydrogen-bond acceptors (Lipinski definition) is 13. The van der Waals surface area contributed by atoms with Crippen molar-refractivity contribution in [2.75, 3.05) is 52.6 Å². The minimum absolute atomic E-state index is 0.00525. The van der Waals surface area contributed by atoms with Crippen LogP contribution in [0.3, 0.4) is 0 Å². The summed E-state index contributed by atoms with van der Waals surface area (Å²) in [4.78, 5) is 70.9. The van der Waals surface area contributed by atoms with Crippen LogP contribution in [0.5, 0.6) is 23.0 Å². The molecule has 2 fully saturated rings. The zero-order valence-corrected chi connectivity index (χ0v) is 35.3. The SMILES string of the molecule is CCOc1ccc(C(=O)N2CCC(CC(=O)COc3ccc([N+](=O)[O-])cc3)CC2)cc1.CCOc1ccc(C(=O)N2CCC(N)CC2)cc1.O=C(O)COc1ccc([N+](=O)[O-])cc1. The molecule has 0 saturated carbocycles. The Balaban J connectivity index is 0.000000230. The molecule has 18 nitrogen and oxygen atoms in total. The fourth-order valence-corrected chi connectivity index (χ4v) is 6.55. The van der Waals surface area contributed by atoms with Crippen molar-refractivity contribution in [2.45, 2.75) is 52.0 Å². The van der Waals surface area contributed by atoms with Crippen molar-refractivity contribution in [3.8, 4) is 23.0 Å². The number of amides is 2. The van der Waals surface area contributed by atoms with Crippen LogP contribution in [-0.4, -0.2) is 107 Å². The number of nitro benzene ring substituents is 2. The van der Waals surface area contributed by atoms with Gasteiger partial charge in [-0.25, -0.2) is 4.79 Å². The van der Waals surface area contributed by atoms with Crippen molar-refractivity contribution in [2.24, 2.45) is 11.7 Å². The number of ketones is 1. The molecule has 336 valence electrons. The number of likely N-dealkylation sites (tertiary alicyclic amines) is 2. The third-order valence-corrected chi connectivity index (χ3v) is 9.93. The van der Waals surface area contributed by atoms with E-state index in [4.69, 9.17) is 29.8 Å². The Hall–Kier alpha value is -7.08. The molecule has 4 aromatic rings. The van der Waals surface area contributed by atoms with Gasteiger partial charge in [-0.15, -0.1) is 0 Å². The number of carboxylic acid groups (broad SMARTS) is 1. The van der Waals surface area contributed by atoms with E-state index in [-0.39, 0.29) is 53.3 Å². The van der Waals surface area contributed by atoms with Crippen molar-refractivity contribution in [1.82, 2.24) is 9.80 Å². The molecule has 4 aromatic carbocycles. The van der Waals surface area contributed by atoms with Crippen molar-refractivity contribution in [3.63, 3.8) is 0 Å². The first kappa shape index (κ1) is 48.6. The van der Waals surface area contributed by atoms with Gasteiger partial charge in [0.1, 0.15) is 29.6 Å². The van der Waals surface area contributed by atoms with E-state index in [0.29, 0.717) is 49.6 Å². The Bertz CT molecular complexity index is 2100. The molecule has 0 aliphatic carbocycles. The highest BCUT2D eigenvalue weighted by molar-refractivity contribution is 5.95. The molecule has 18 heteroatoms. The highest BCUT2D eigenvalue weighted by Gasteiger charge is 2.26. The second kappa shape index (κ2) is 25.0. The third kappa shape index (κ3) is 16.4. The van der Waals surface area contributed by atoms with Crippen molar-refractivity contribution >= 4 is 34.9 Å². The van der Waals surface area contributed by atoms with Gasteiger partial charge >= 0.3 is 5.97 Å². The normalized spacial score (nSPS) is 13.8. The maximum Gasteiger partial charge on any atom is 0.341 e. The fourth-order valence-electron chi connectivity index (χ4n) is 6.55. The van der Waals surface area contributed by atoms with E-state index in [0.717, 1.165) is 50.3 Å². The first-order chi connectivity index (χ1) is 30.3. The average Bonchev–Trinajstić information content (AvgIpc) is 3.29. The monoisotopic (exact) mass is 871 g/mol. The van der Waals surface area contributed by atoms with Crippen LogP contribution in [-0.2, 0) is 9.59 Å². The Morgan fingerprint density at radius 1 is 0.587 bits per heavy atom. The highest BCUT2D eigenvalue weighted by Crippen LogP contribution is 2.24. The molecule has 2 aliphatic rings. The molecule has 2 saturated heterocycles. The number of nitrogens with zero attached hydrogens (tertiary/aromatic N) is 4. The summed E-state index contributed by atoms with van der Waals surface area (Å²) in [5.41, 5.74) is 7.10. The van der Waals surface area contributed by atoms with E-state index in [1.807, 2.05) is 47.9 Å². The minimum atomic E-state index is -1.09. The highest BCUT2D eigenvalue weighted by atomic mass is 16.6. The van der Waals surface area contributed by atoms with Crippen LogP contribution in [0.4, 0.5) is 11.4 Å². The molecule has 0 spiro atoms. The Morgan fingerprint density at radius 2 is 0.937 bits per heavy atom. The van der Waals surface area contributed by atoms with E-state index >= 15 is 0 Å². The molecule has 2 heterocycles. The Labute approximate surface area is 364 Å². The summed E-state index contributed by atoms with van der Waals surface area (Å²) in [5.74, 6) is 1.45. The zero-order valence-electron chi connectivity index (χ0n) is 35.3. The molecule has 0 radical (unpaired) electrons. The van der Waals surface area contributed by atoms with E-state index in [9.17, 15) is 39.4 Å². The number of non-ortho nitro benzene ring substituents is 2. The quantitative estimate of drug-likeness (QED) is 0.0891. The van der Waals surface area contributed by atoms with E-state index in [1.165, 1.54) is 48.5 Å². The standard InChI is InChI=1S/C23H26N2O6.C14H20N2O2.C8H7NO5/c1-2-30-21-7-3-18(4-8-21)23(27)24-13-11-17(12-14-24)15-20(26)16-31-22-9-5-19(6-10-22)25(28)29;1-2-18-13-5-3-11(4-6-13)14(17)16-9-7-12(15)8-10-16;10-8(11)5-14-7-3-1-6(2-4-7)9(12)13/h3-10,17H,2,11-16H2,1H3;3-6,12H,2,7-10,15H2,1H3;1-4H,5H2,(H,10,11). The first-order valence-electron chi connectivity index (χ1n) is 20.5. The number of carboxylic acids is 1. The van der Waals surface area contributed by atoms with Gasteiger partial charge in [0.2, 0.25) is 0 Å². The van der Waals surface area contributed by atoms with E-state index in [1.54, 1.807) is 24.3 Å². The van der Waals surface area contributed by atoms with Gasteiger partial charge in [-0.2, -0.15) is 0 Å². The molecule has 3 N–H and O–H groups in total. The Kier molecular flexibility index (Phi) is 19.3. The number of carbonyl (C=O) groups is 4.